The fourth-order valence-corrected chi connectivity index (χ4v) is 4.65. The molecule has 4 rings (SSSR count). The van der Waals surface area contributed by atoms with E-state index in [9.17, 15) is 8.42 Å². The summed E-state index contributed by atoms with van der Waals surface area (Å²) in [4.78, 5) is 4.89. The number of thiazole rings is 1. The average molecular weight is 434 g/mol. The van der Waals surface area contributed by atoms with Crippen LogP contribution in [-0.2, 0) is 9.84 Å². The highest BCUT2D eigenvalue weighted by Gasteiger charge is 2.16. The summed E-state index contributed by atoms with van der Waals surface area (Å²) in [7, 11) is -3.70. The van der Waals surface area contributed by atoms with E-state index in [4.69, 9.17) is 4.98 Å². The Hall–Kier alpha value is -3.29. The molecule has 5 nitrogen and oxygen atoms in total. The van der Waals surface area contributed by atoms with E-state index in [1.54, 1.807) is 30.3 Å². The summed E-state index contributed by atoms with van der Waals surface area (Å²) in [6.07, 6.45) is 0. The fraction of sp³-hybridized carbons (Fsp3) is 0.0435. The first-order chi connectivity index (χ1) is 14.5. The molecule has 0 unspecified atom stereocenters. The number of para-hydroxylation sites is 1. The predicted molar refractivity (Wildman–Crippen MR) is 123 cm³/mol. The van der Waals surface area contributed by atoms with Crippen molar-refractivity contribution in [3.8, 4) is 21.8 Å². The first-order valence-corrected chi connectivity index (χ1v) is 11.7. The van der Waals surface area contributed by atoms with Gasteiger partial charge in [0, 0.05) is 16.5 Å². The van der Waals surface area contributed by atoms with Crippen LogP contribution < -0.4 is 5.43 Å². The topological polar surface area (TPSA) is 71.4 Å². The molecular formula is C23H19N3O2S2. The second-order valence-corrected chi connectivity index (χ2v) is 9.27. The van der Waals surface area contributed by atoms with Gasteiger partial charge in [-0.15, -0.1) is 11.3 Å². The zero-order valence-corrected chi connectivity index (χ0v) is 17.8. The van der Waals surface area contributed by atoms with Crippen molar-refractivity contribution >= 4 is 32.4 Å². The standard InChI is InChI=1S/C23H19N3O2S2/c1-17-12-13-20(30(27,28)16-24-26-19-10-6-3-7-11-19)14-21(17)23-25-22(15-29-23)18-8-4-2-5-9-18/h2-16,26H,1H3. The smallest absolute Gasteiger partial charge is 0.218 e. The highest BCUT2D eigenvalue weighted by Crippen LogP contribution is 2.32. The molecule has 0 bridgehead atoms. The molecule has 150 valence electrons. The van der Waals surface area contributed by atoms with Crippen LogP contribution in [0.25, 0.3) is 21.8 Å². The van der Waals surface area contributed by atoms with Gasteiger partial charge in [0.2, 0.25) is 9.84 Å². The number of aryl methyl sites for hydroxylation is 1. The number of hydrogen-bond acceptors (Lipinski definition) is 6. The van der Waals surface area contributed by atoms with Crippen molar-refractivity contribution < 1.29 is 8.42 Å². The van der Waals surface area contributed by atoms with Crippen LogP contribution in [0.4, 0.5) is 5.69 Å². The van der Waals surface area contributed by atoms with Crippen LogP contribution in [0.2, 0.25) is 0 Å². The minimum atomic E-state index is -3.70. The Bertz CT molecular complexity index is 1280. The summed E-state index contributed by atoms with van der Waals surface area (Å²) in [6.45, 7) is 1.94. The van der Waals surface area contributed by atoms with Gasteiger partial charge in [-0.3, -0.25) is 5.43 Å². The Morgan fingerprint density at radius 2 is 1.67 bits per heavy atom. The van der Waals surface area contributed by atoms with E-state index in [2.05, 4.69) is 10.5 Å². The van der Waals surface area contributed by atoms with Crippen LogP contribution in [0.3, 0.4) is 0 Å². The molecule has 0 radical (unpaired) electrons. The third kappa shape index (κ3) is 4.48. The minimum absolute atomic E-state index is 0.179. The van der Waals surface area contributed by atoms with Crippen molar-refractivity contribution in [3.05, 3.63) is 89.8 Å². The van der Waals surface area contributed by atoms with Crippen LogP contribution in [0, 0.1) is 6.92 Å². The normalized spacial score (nSPS) is 11.6. The van der Waals surface area contributed by atoms with E-state index in [0.717, 1.165) is 32.9 Å². The predicted octanol–water partition coefficient (Wildman–Crippen LogP) is 5.61. The number of rotatable bonds is 6. The molecule has 1 aromatic heterocycles. The van der Waals surface area contributed by atoms with Gasteiger partial charge in [0.15, 0.2) is 0 Å². The Morgan fingerprint density at radius 3 is 2.40 bits per heavy atom. The van der Waals surface area contributed by atoms with Gasteiger partial charge >= 0.3 is 0 Å². The van der Waals surface area contributed by atoms with E-state index in [-0.39, 0.29) is 4.90 Å². The average Bonchev–Trinajstić information content (AvgIpc) is 3.25. The quantitative estimate of drug-likeness (QED) is 0.244. The van der Waals surface area contributed by atoms with Crippen molar-refractivity contribution in [1.82, 2.24) is 4.98 Å². The lowest BCUT2D eigenvalue weighted by atomic mass is 10.1. The number of benzene rings is 3. The number of sulfone groups is 1. The summed E-state index contributed by atoms with van der Waals surface area (Å²) in [6, 6.07) is 24.1. The van der Waals surface area contributed by atoms with E-state index in [0.29, 0.717) is 5.69 Å². The summed E-state index contributed by atoms with van der Waals surface area (Å²) in [5.74, 6) is 0. The summed E-state index contributed by atoms with van der Waals surface area (Å²) in [5.41, 5.74) is 8.04. The largest absolute Gasteiger partial charge is 0.278 e. The SMILES string of the molecule is Cc1ccc(S(=O)(=O)C=NNc2ccccc2)cc1-c1nc(-c2ccccc2)cs1. The highest BCUT2D eigenvalue weighted by atomic mass is 32.2. The second kappa shape index (κ2) is 8.61. The maximum Gasteiger partial charge on any atom is 0.218 e. The molecular weight excluding hydrogens is 414 g/mol. The first kappa shape index (κ1) is 20.0. The van der Waals surface area contributed by atoms with Crippen LogP contribution in [0.5, 0.6) is 0 Å². The zero-order valence-electron chi connectivity index (χ0n) is 16.2. The van der Waals surface area contributed by atoms with Crippen molar-refractivity contribution in [2.24, 2.45) is 5.10 Å². The molecule has 7 heteroatoms. The molecule has 0 aliphatic carbocycles. The van der Waals surface area contributed by atoms with E-state index < -0.39 is 9.84 Å². The second-order valence-electron chi connectivity index (χ2n) is 6.64. The van der Waals surface area contributed by atoms with Crippen molar-refractivity contribution in [1.29, 1.82) is 0 Å². The molecule has 0 saturated carbocycles. The summed E-state index contributed by atoms with van der Waals surface area (Å²) >= 11 is 1.49. The van der Waals surface area contributed by atoms with E-state index in [1.807, 2.05) is 60.8 Å². The molecule has 0 amide bonds. The zero-order chi connectivity index (χ0) is 21.0. The molecule has 1 heterocycles. The number of anilines is 1. The van der Waals surface area contributed by atoms with Gasteiger partial charge in [-0.1, -0.05) is 54.6 Å². The number of hydrogen-bond donors (Lipinski definition) is 1. The molecule has 3 aromatic carbocycles. The van der Waals surface area contributed by atoms with Crippen molar-refractivity contribution in [2.45, 2.75) is 11.8 Å². The number of nitrogens with one attached hydrogen (secondary N) is 1. The van der Waals surface area contributed by atoms with Gasteiger partial charge in [0.1, 0.15) is 10.6 Å². The third-order valence-corrected chi connectivity index (χ3v) is 6.67. The van der Waals surface area contributed by atoms with Crippen molar-refractivity contribution in [3.63, 3.8) is 0 Å². The Balaban J connectivity index is 1.61. The van der Waals surface area contributed by atoms with Crippen molar-refractivity contribution in [2.75, 3.05) is 5.43 Å². The number of hydrazone groups is 1. The molecule has 0 spiro atoms. The molecule has 0 atom stereocenters. The molecule has 30 heavy (non-hydrogen) atoms. The Kier molecular flexibility index (Phi) is 5.74. The summed E-state index contributed by atoms with van der Waals surface area (Å²) in [5, 5.41) is 6.65. The van der Waals surface area contributed by atoms with Crippen LogP contribution in [0.15, 0.2) is 94.2 Å². The van der Waals surface area contributed by atoms with Crippen LogP contribution in [0.1, 0.15) is 5.56 Å². The highest BCUT2D eigenvalue weighted by molar-refractivity contribution is 8.04. The molecule has 0 fully saturated rings. The van der Waals surface area contributed by atoms with Gasteiger partial charge in [-0.05, 0) is 36.8 Å². The van der Waals surface area contributed by atoms with Gasteiger partial charge in [0.25, 0.3) is 0 Å². The van der Waals surface area contributed by atoms with E-state index >= 15 is 0 Å². The van der Waals surface area contributed by atoms with Crippen LogP contribution >= 0.6 is 11.3 Å². The molecule has 4 aromatic rings. The third-order valence-electron chi connectivity index (χ3n) is 4.50. The Morgan fingerprint density at radius 1 is 0.967 bits per heavy atom. The number of aromatic nitrogens is 1. The van der Waals surface area contributed by atoms with Gasteiger partial charge in [-0.25, -0.2) is 13.4 Å². The lowest BCUT2D eigenvalue weighted by Gasteiger charge is -2.06. The molecule has 0 saturated heterocycles. The van der Waals surface area contributed by atoms with E-state index in [1.165, 1.54) is 11.3 Å². The number of nitrogens with zero attached hydrogens (tertiary/aromatic N) is 2. The van der Waals surface area contributed by atoms with Gasteiger partial charge in [-0.2, -0.15) is 5.10 Å². The van der Waals surface area contributed by atoms with Crippen LogP contribution in [-0.4, -0.2) is 18.9 Å². The molecule has 0 aliphatic heterocycles. The summed E-state index contributed by atoms with van der Waals surface area (Å²) < 4.78 is 25.5. The molecule has 0 aliphatic rings. The lowest BCUT2D eigenvalue weighted by Crippen LogP contribution is -2.04. The maximum absolute atomic E-state index is 12.7. The monoisotopic (exact) mass is 433 g/mol. The van der Waals surface area contributed by atoms with Gasteiger partial charge < -0.3 is 0 Å². The lowest BCUT2D eigenvalue weighted by molar-refractivity contribution is 0.608. The fourth-order valence-electron chi connectivity index (χ4n) is 2.89. The minimum Gasteiger partial charge on any atom is -0.278 e. The maximum atomic E-state index is 12.7. The van der Waals surface area contributed by atoms with Gasteiger partial charge in [0.05, 0.1) is 16.3 Å². The Labute approximate surface area is 179 Å². The molecule has 1 N–H and O–H groups in total. The first-order valence-electron chi connectivity index (χ1n) is 9.24.